The zero-order chi connectivity index (χ0) is 14.7. The van der Waals surface area contributed by atoms with Crippen LogP contribution >= 0.6 is 11.6 Å². The molecule has 0 aliphatic carbocycles. The average Bonchev–Trinajstić information content (AvgIpc) is 2.93. The Labute approximate surface area is 122 Å². The van der Waals surface area contributed by atoms with E-state index in [0.29, 0.717) is 0 Å². The average molecular weight is 298 g/mol. The largest absolute Gasteiger partial charge is 0.478 e. The topological polar surface area (TPSA) is 66.8 Å². The smallest absolute Gasteiger partial charge is 0.339 e. The van der Waals surface area contributed by atoms with Crippen molar-refractivity contribution in [2.24, 2.45) is 0 Å². The van der Waals surface area contributed by atoms with Crippen LogP contribution in [0.15, 0.2) is 18.2 Å². The van der Waals surface area contributed by atoms with Crippen molar-refractivity contribution >= 4 is 23.5 Å². The Morgan fingerprint density at radius 2 is 2.00 bits per heavy atom. The molecule has 0 radical (unpaired) electrons. The van der Waals surface area contributed by atoms with Crippen molar-refractivity contribution in [3.63, 3.8) is 0 Å². The van der Waals surface area contributed by atoms with Crippen LogP contribution < -0.4 is 4.74 Å². The molecular formula is C14H16ClNO4. The van der Waals surface area contributed by atoms with Gasteiger partial charge in [-0.2, -0.15) is 0 Å². The summed E-state index contributed by atoms with van der Waals surface area (Å²) in [5.74, 6) is -1.23. The van der Waals surface area contributed by atoms with Gasteiger partial charge in [-0.25, -0.2) is 4.79 Å². The third-order valence-corrected chi connectivity index (χ3v) is 3.56. The van der Waals surface area contributed by atoms with Gasteiger partial charge in [0.2, 0.25) is 0 Å². The van der Waals surface area contributed by atoms with Crippen LogP contribution in [0.3, 0.4) is 0 Å². The van der Waals surface area contributed by atoms with Crippen LogP contribution in [-0.4, -0.2) is 41.1 Å². The first-order valence-electron chi connectivity index (χ1n) is 6.48. The van der Waals surface area contributed by atoms with E-state index in [1.54, 1.807) is 11.8 Å². The minimum atomic E-state index is -1.14. The summed E-state index contributed by atoms with van der Waals surface area (Å²) in [6, 6.07) is 4.47. The maximum absolute atomic E-state index is 12.2. The van der Waals surface area contributed by atoms with Gasteiger partial charge in [0.05, 0.1) is 5.02 Å². The highest BCUT2D eigenvalue weighted by molar-refractivity contribution is 6.32. The quantitative estimate of drug-likeness (QED) is 0.927. The molecular weight excluding hydrogens is 282 g/mol. The molecule has 1 atom stereocenters. The SMILES string of the molecule is CC(Oc1c(Cl)cccc1C(=O)O)C(=O)N1CCCC1. The second kappa shape index (κ2) is 6.13. The van der Waals surface area contributed by atoms with E-state index in [1.807, 2.05) is 0 Å². The molecule has 1 aliphatic rings. The molecule has 0 aromatic heterocycles. The zero-order valence-corrected chi connectivity index (χ0v) is 11.9. The molecule has 1 aliphatic heterocycles. The van der Waals surface area contributed by atoms with Crippen LogP contribution in [0.25, 0.3) is 0 Å². The fourth-order valence-corrected chi connectivity index (χ4v) is 2.44. The van der Waals surface area contributed by atoms with Crippen LogP contribution in [-0.2, 0) is 4.79 Å². The molecule has 1 unspecified atom stereocenters. The Kier molecular flexibility index (Phi) is 4.49. The van der Waals surface area contributed by atoms with E-state index in [1.165, 1.54) is 18.2 Å². The molecule has 0 bridgehead atoms. The Hall–Kier alpha value is -1.75. The fraction of sp³-hybridized carbons (Fsp3) is 0.429. The van der Waals surface area contributed by atoms with E-state index in [2.05, 4.69) is 0 Å². The summed E-state index contributed by atoms with van der Waals surface area (Å²) in [6.45, 7) is 3.05. The summed E-state index contributed by atoms with van der Waals surface area (Å²) < 4.78 is 5.51. The number of nitrogens with zero attached hydrogens (tertiary/aromatic N) is 1. The number of hydrogen-bond donors (Lipinski definition) is 1. The number of para-hydroxylation sites is 1. The maximum atomic E-state index is 12.2. The molecule has 6 heteroatoms. The molecule has 1 aromatic carbocycles. The van der Waals surface area contributed by atoms with Crippen molar-refractivity contribution in [2.75, 3.05) is 13.1 Å². The summed E-state index contributed by atoms with van der Waals surface area (Å²) in [7, 11) is 0. The third kappa shape index (κ3) is 3.04. The van der Waals surface area contributed by atoms with Gasteiger partial charge in [0, 0.05) is 13.1 Å². The Balaban J connectivity index is 2.16. The highest BCUT2D eigenvalue weighted by atomic mass is 35.5. The van der Waals surface area contributed by atoms with E-state index in [-0.39, 0.29) is 22.2 Å². The summed E-state index contributed by atoms with van der Waals surface area (Å²) >= 11 is 5.97. The van der Waals surface area contributed by atoms with E-state index in [0.717, 1.165) is 25.9 Å². The molecule has 5 nitrogen and oxygen atoms in total. The van der Waals surface area contributed by atoms with Crippen LogP contribution in [0, 0.1) is 0 Å². The van der Waals surface area contributed by atoms with E-state index in [4.69, 9.17) is 21.4 Å². The highest BCUT2D eigenvalue weighted by Gasteiger charge is 2.26. The minimum Gasteiger partial charge on any atom is -0.478 e. The van der Waals surface area contributed by atoms with Gasteiger partial charge in [-0.05, 0) is 31.9 Å². The van der Waals surface area contributed by atoms with Gasteiger partial charge in [-0.3, -0.25) is 4.79 Å². The number of hydrogen-bond acceptors (Lipinski definition) is 3. The Bertz CT molecular complexity index is 526. The van der Waals surface area contributed by atoms with E-state index >= 15 is 0 Å². The van der Waals surface area contributed by atoms with E-state index < -0.39 is 12.1 Å². The monoisotopic (exact) mass is 297 g/mol. The summed E-state index contributed by atoms with van der Waals surface area (Å²) in [5, 5.41) is 9.31. The highest BCUT2D eigenvalue weighted by Crippen LogP contribution is 2.30. The third-order valence-electron chi connectivity index (χ3n) is 3.26. The molecule has 2 rings (SSSR count). The van der Waals surface area contributed by atoms with E-state index in [9.17, 15) is 9.59 Å². The standard InChI is InChI=1S/C14H16ClNO4/c1-9(13(17)16-7-2-3-8-16)20-12-10(14(18)19)5-4-6-11(12)15/h4-6,9H,2-3,7-8H2,1H3,(H,18,19). The number of carbonyl (C=O) groups is 2. The lowest BCUT2D eigenvalue weighted by Crippen LogP contribution is -2.38. The van der Waals surface area contributed by atoms with Crippen LogP contribution in [0.4, 0.5) is 0 Å². The van der Waals surface area contributed by atoms with Crippen LogP contribution in [0.2, 0.25) is 5.02 Å². The van der Waals surface area contributed by atoms with Gasteiger partial charge in [-0.15, -0.1) is 0 Å². The molecule has 1 N–H and O–H groups in total. The summed E-state index contributed by atoms with van der Waals surface area (Å²) in [4.78, 5) is 25.0. The van der Waals surface area contributed by atoms with Gasteiger partial charge in [0.25, 0.3) is 5.91 Å². The van der Waals surface area contributed by atoms with Gasteiger partial charge in [0.15, 0.2) is 11.9 Å². The molecule has 1 saturated heterocycles. The Morgan fingerprint density at radius 1 is 1.35 bits per heavy atom. The summed E-state index contributed by atoms with van der Waals surface area (Å²) in [5.41, 5.74) is -0.0430. The van der Waals surface area contributed by atoms with Crippen molar-refractivity contribution in [2.45, 2.75) is 25.9 Å². The Morgan fingerprint density at radius 3 is 2.60 bits per heavy atom. The number of halogens is 1. The van der Waals surface area contributed by atoms with Crippen LogP contribution in [0.5, 0.6) is 5.75 Å². The normalized spacial score (nSPS) is 16.0. The second-order valence-electron chi connectivity index (χ2n) is 4.71. The van der Waals surface area contributed by atoms with Crippen molar-refractivity contribution in [3.8, 4) is 5.75 Å². The summed E-state index contributed by atoms with van der Waals surface area (Å²) in [6.07, 6.45) is 1.22. The number of amides is 1. The molecule has 20 heavy (non-hydrogen) atoms. The molecule has 1 heterocycles. The molecule has 108 valence electrons. The lowest BCUT2D eigenvalue weighted by atomic mass is 10.2. The van der Waals surface area contributed by atoms with Crippen molar-refractivity contribution in [1.29, 1.82) is 0 Å². The number of carboxylic acids is 1. The maximum Gasteiger partial charge on any atom is 0.339 e. The first kappa shape index (κ1) is 14.7. The number of aromatic carboxylic acids is 1. The second-order valence-corrected chi connectivity index (χ2v) is 5.12. The number of carboxylic acid groups (broad SMARTS) is 1. The van der Waals surface area contributed by atoms with Crippen molar-refractivity contribution < 1.29 is 19.4 Å². The molecule has 0 spiro atoms. The molecule has 1 amide bonds. The fourth-order valence-electron chi connectivity index (χ4n) is 2.22. The number of likely N-dealkylation sites (tertiary alicyclic amines) is 1. The van der Waals surface area contributed by atoms with Gasteiger partial charge in [-0.1, -0.05) is 17.7 Å². The van der Waals surface area contributed by atoms with Gasteiger partial charge in [0.1, 0.15) is 5.56 Å². The number of ether oxygens (including phenoxy) is 1. The van der Waals surface area contributed by atoms with Crippen molar-refractivity contribution in [3.05, 3.63) is 28.8 Å². The molecule has 1 aromatic rings. The molecule has 1 fully saturated rings. The number of carbonyl (C=O) groups excluding carboxylic acids is 1. The van der Waals surface area contributed by atoms with Gasteiger partial charge >= 0.3 is 5.97 Å². The first-order chi connectivity index (χ1) is 9.50. The number of benzene rings is 1. The van der Waals surface area contributed by atoms with Crippen molar-refractivity contribution in [1.82, 2.24) is 4.90 Å². The minimum absolute atomic E-state index is 0.0430. The predicted octanol–water partition coefficient (Wildman–Crippen LogP) is 2.43. The van der Waals surface area contributed by atoms with Gasteiger partial charge < -0.3 is 14.7 Å². The lowest BCUT2D eigenvalue weighted by molar-refractivity contribution is -0.136. The predicted molar refractivity (Wildman–Crippen MR) is 74.3 cm³/mol. The van der Waals surface area contributed by atoms with Crippen LogP contribution in [0.1, 0.15) is 30.1 Å². The zero-order valence-electron chi connectivity index (χ0n) is 11.1. The molecule has 0 saturated carbocycles. The number of rotatable bonds is 4. The lowest BCUT2D eigenvalue weighted by Gasteiger charge is -2.22. The first-order valence-corrected chi connectivity index (χ1v) is 6.85.